The summed E-state index contributed by atoms with van der Waals surface area (Å²) in [7, 11) is 0. The van der Waals surface area contributed by atoms with E-state index in [2.05, 4.69) is 0 Å². The van der Waals surface area contributed by atoms with E-state index in [1.807, 2.05) is 6.07 Å². The highest BCUT2D eigenvalue weighted by Gasteiger charge is 2.02. The van der Waals surface area contributed by atoms with Crippen LogP contribution in [-0.4, -0.2) is 12.6 Å². The van der Waals surface area contributed by atoms with Gasteiger partial charge < -0.3 is 4.74 Å². The van der Waals surface area contributed by atoms with Crippen molar-refractivity contribution in [3.63, 3.8) is 0 Å². The molecule has 0 aliphatic rings. The first-order valence-electron chi connectivity index (χ1n) is 3.64. The Labute approximate surface area is 70.0 Å². The summed E-state index contributed by atoms with van der Waals surface area (Å²) in [6.07, 6.45) is -0.186. The summed E-state index contributed by atoms with van der Waals surface area (Å²) in [6, 6.07) is 8.61. The predicted molar refractivity (Wildman–Crippen MR) is 42.7 cm³/mol. The zero-order valence-corrected chi connectivity index (χ0v) is 6.50. The molecular formula is C9H9FO2. The Balaban J connectivity index is 2.47. The van der Waals surface area contributed by atoms with Gasteiger partial charge in [0.1, 0.15) is 5.75 Å². The van der Waals surface area contributed by atoms with E-state index in [0.29, 0.717) is 5.75 Å². The number of carbonyl (C=O) groups excluding carboxylic acids is 1. The van der Waals surface area contributed by atoms with Crippen LogP contribution in [0, 0.1) is 0 Å². The number of halogens is 1. The molecule has 0 bridgehead atoms. The van der Waals surface area contributed by atoms with Crippen molar-refractivity contribution in [3.8, 4) is 5.75 Å². The molecule has 0 fully saturated rings. The fraction of sp³-hybridized carbons (Fsp3) is 0.222. The van der Waals surface area contributed by atoms with Crippen LogP contribution in [0.4, 0.5) is 4.39 Å². The molecule has 0 N–H and O–H groups in total. The van der Waals surface area contributed by atoms with E-state index in [0.717, 1.165) is 0 Å². The quantitative estimate of drug-likeness (QED) is 0.509. The second kappa shape index (κ2) is 4.49. The van der Waals surface area contributed by atoms with Gasteiger partial charge in [-0.25, -0.2) is 0 Å². The minimum absolute atomic E-state index is 0.186. The highest BCUT2D eigenvalue weighted by atomic mass is 19.1. The highest BCUT2D eigenvalue weighted by molar-refractivity contribution is 5.72. The number of benzene rings is 1. The van der Waals surface area contributed by atoms with Crippen molar-refractivity contribution < 1.29 is 13.9 Å². The molecule has 0 saturated heterocycles. The van der Waals surface area contributed by atoms with Gasteiger partial charge in [-0.3, -0.25) is 9.18 Å². The third-order valence-electron chi connectivity index (χ3n) is 1.27. The Morgan fingerprint density at radius 1 is 1.33 bits per heavy atom. The Bertz CT molecular complexity index is 246. The molecule has 0 aliphatic carbocycles. The number of carbonyl (C=O) groups is 1. The normalized spacial score (nSPS) is 9.42. The molecule has 0 aliphatic heterocycles. The third kappa shape index (κ3) is 2.70. The van der Waals surface area contributed by atoms with Gasteiger partial charge in [-0.15, -0.1) is 0 Å². The van der Waals surface area contributed by atoms with Gasteiger partial charge in [-0.05, 0) is 12.1 Å². The van der Waals surface area contributed by atoms with Gasteiger partial charge in [0.05, 0.1) is 13.1 Å². The molecule has 3 heteroatoms. The Hall–Kier alpha value is -1.38. The van der Waals surface area contributed by atoms with Crippen molar-refractivity contribution in [2.45, 2.75) is 6.42 Å². The summed E-state index contributed by atoms with van der Waals surface area (Å²) in [5, 5.41) is 0. The maximum absolute atomic E-state index is 11.6. The molecule has 0 amide bonds. The van der Waals surface area contributed by atoms with Crippen LogP contribution < -0.4 is 4.74 Å². The van der Waals surface area contributed by atoms with Gasteiger partial charge in [-0.2, -0.15) is 0 Å². The summed E-state index contributed by atoms with van der Waals surface area (Å²) < 4.78 is 16.4. The highest BCUT2D eigenvalue weighted by Crippen LogP contribution is 2.08. The first-order valence-corrected chi connectivity index (χ1v) is 3.64. The molecule has 1 aromatic rings. The molecular weight excluding hydrogens is 159 g/mol. The second-order valence-electron chi connectivity index (χ2n) is 2.23. The van der Waals surface area contributed by atoms with Gasteiger partial charge in [0.15, 0.2) is 0 Å². The minimum Gasteiger partial charge on any atom is -0.426 e. The van der Waals surface area contributed by atoms with Crippen LogP contribution >= 0.6 is 0 Å². The van der Waals surface area contributed by atoms with Crippen LogP contribution in [0.15, 0.2) is 30.3 Å². The lowest BCUT2D eigenvalue weighted by molar-refractivity contribution is -0.134. The van der Waals surface area contributed by atoms with Crippen molar-refractivity contribution in [2.75, 3.05) is 6.67 Å². The van der Waals surface area contributed by atoms with Crippen LogP contribution in [0.3, 0.4) is 0 Å². The summed E-state index contributed by atoms with van der Waals surface area (Å²) in [4.78, 5) is 10.8. The molecule has 0 spiro atoms. The molecule has 0 aromatic heterocycles. The molecule has 0 saturated carbocycles. The summed E-state index contributed by atoms with van der Waals surface area (Å²) in [6.45, 7) is -0.675. The van der Waals surface area contributed by atoms with E-state index < -0.39 is 12.6 Å². The van der Waals surface area contributed by atoms with Gasteiger partial charge >= 0.3 is 5.97 Å². The molecule has 0 atom stereocenters. The van der Waals surface area contributed by atoms with Crippen LogP contribution in [0.25, 0.3) is 0 Å². The molecule has 1 aromatic carbocycles. The van der Waals surface area contributed by atoms with Crippen molar-refractivity contribution in [2.24, 2.45) is 0 Å². The van der Waals surface area contributed by atoms with Crippen LogP contribution in [0.1, 0.15) is 6.42 Å². The molecule has 0 heterocycles. The number of alkyl halides is 1. The minimum atomic E-state index is -0.675. The van der Waals surface area contributed by atoms with E-state index in [1.165, 1.54) is 0 Å². The average molecular weight is 168 g/mol. The van der Waals surface area contributed by atoms with Crippen LogP contribution in [-0.2, 0) is 4.79 Å². The number of rotatable bonds is 3. The second-order valence-corrected chi connectivity index (χ2v) is 2.23. The Morgan fingerprint density at radius 3 is 2.58 bits per heavy atom. The lowest BCUT2D eigenvalue weighted by Crippen LogP contribution is -2.07. The van der Waals surface area contributed by atoms with E-state index in [1.54, 1.807) is 24.3 Å². The largest absolute Gasteiger partial charge is 0.426 e. The van der Waals surface area contributed by atoms with Gasteiger partial charge in [-0.1, -0.05) is 18.2 Å². The SMILES string of the molecule is O=C(CCF)Oc1ccccc1. The number of para-hydroxylation sites is 1. The zero-order valence-electron chi connectivity index (χ0n) is 6.50. The summed E-state index contributed by atoms with van der Waals surface area (Å²) in [5.41, 5.74) is 0. The van der Waals surface area contributed by atoms with E-state index in [9.17, 15) is 9.18 Å². The van der Waals surface area contributed by atoms with Crippen molar-refractivity contribution in [3.05, 3.63) is 30.3 Å². The lowest BCUT2D eigenvalue weighted by Gasteiger charge is -2.00. The zero-order chi connectivity index (χ0) is 8.81. The smallest absolute Gasteiger partial charge is 0.313 e. The van der Waals surface area contributed by atoms with Crippen molar-refractivity contribution in [1.82, 2.24) is 0 Å². The number of hydrogen-bond donors (Lipinski definition) is 0. The monoisotopic (exact) mass is 168 g/mol. The standard InChI is InChI=1S/C9H9FO2/c10-7-6-9(11)12-8-4-2-1-3-5-8/h1-5H,6-7H2. The molecule has 1 rings (SSSR count). The molecule has 0 unspecified atom stereocenters. The first kappa shape index (κ1) is 8.71. The van der Waals surface area contributed by atoms with Gasteiger partial charge in [0, 0.05) is 0 Å². The maximum Gasteiger partial charge on any atom is 0.313 e. The topological polar surface area (TPSA) is 26.3 Å². The molecule has 12 heavy (non-hydrogen) atoms. The summed E-state index contributed by atoms with van der Waals surface area (Å²) >= 11 is 0. The number of esters is 1. The molecule has 64 valence electrons. The van der Waals surface area contributed by atoms with Gasteiger partial charge in [0.2, 0.25) is 0 Å². The number of hydrogen-bond acceptors (Lipinski definition) is 2. The van der Waals surface area contributed by atoms with Crippen LogP contribution in [0.5, 0.6) is 5.75 Å². The van der Waals surface area contributed by atoms with Gasteiger partial charge in [0.25, 0.3) is 0 Å². The van der Waals surface area contributed by atoms with E-state index in [-0.39, 0.29) is 6.42 Å². The fourth-order valence-electron chi connectivity index (χ4n) is 0.748. The fourth-order valence-corrected chi connectivity index (χ4v) is 0.748. The third-order valence-corrected chi connectivity index (χ3v) is 1.27. The lowest BCUT2D eigenvalue weighted by atomic mass is 10.3. The van der Waals surface area contributed by atoms with E-state index in [4.69, 9.17) is 4.74 Å². The molecule has 0 radical (unpaired) electrons. The predicted octanol–water partition coefficient (Wildman–Crippen LogP) is 1.95. The van der Waals surface area contributed by atoms with Crippen LogP contribution in [0.2, 0.25) is 0 Å². The first-order chi connectivity index (χ1) is 5.83. The van der Waals surface area contributed by atoms with E-state index >= 15 is 0 Å². The van der Waals surface area contributed by atoms with Crippen molar-refractivity contribution in [1.29, 1.82) is 0 Å². The Morgan fingerprint density at radius 2 is 2.00 bits per heavy atom. The Kier molecular flexibility index (Phi) is 3.26. The average Bonchev–Trinajstić information content (AvgIpc) is 2.06. The number of ether oxygens (including phenoxy) is 1. The molecule has 2 nitrogen and oxygen atoms in total. The van der Waals surface area contributed by atoms with Crippen molar-refractivity contribution >= 4 is 5.97 Å². The summed E-state index contributed by atoms with van der Waals surface area (Å²) in [5.74, 6) is -0.0837. The maximum atomic E-state index is 11.6.